The molecule has 2 unspecified atom stereocenters. The third-order valence-corrected chi connectivity index (χ3v) is 7.33. The molecule has 0 spiro atoms. The van der Waals surface area contributed by atoms with Gasteiger partial charge in [-0.3, -0.25) is 0 Å². The van der Waals surface area contributed by atoms with Gasteiger partial charge >= 0.3 is 0 Å². The maximum atomic E-state index is 5.42. The van der Waals surface area contributed by atoms with Crippen molar-refractivity contribution in [1.29, 1.82) is 0 Å². The second-order valence-electron chi connectivity index (χ2n) is 5.28. The minimum Gasteiger partial charge on any atom is -0.372 e. The Hall–Kier alpha value is 1.16. The highest BCUT2D eigenvalue weighted by Gasteiger charge is 2.22. The van der Waals surface area contributed by atoms with Crippen LogP contribution in [0.2, 0.25) is 0 Å². The van der Waals surface area contributed by atoms with Crippen LogP contribution < -0.4 is 0 Å². The molecule has 2 heterocycles. The van der Waals surface area contributed by atoms with Gasteiger partial charge in [-0.15, -0.1) is 11.8 Å². The van der Waals surface area contributed by atoms with Crippen molar-refractivity contribution >= 4 is 45.1 Å². The number of hydrogen-bond acceptors (Lipinski definition) is 10. The van der Waals surface area contributed by atoms with Crippen molar-refractivity contribution in [1.82, 2.24) is 0 Å². The SMILES string of the molecule is C(CSCC1CO1)OCOCCSSCCOCOCSCC1CO1. The minimum atomic E-state index is 0.371. The van der Waals surface area contributed by atoms with Crippen molar-refractivity contribution in [3.8, 4) is 0 Å². The summed E-state index contributed by atoms with van der Waals surface area (Å²) >= 11 is 3.62. The van der Waals surface area contributed by atoms with Crippen LogP contribution in [0.1, 0.15) is 0 Å². The van der Waals surface area contributed by atoms with Gasteiger partial charge in [0.05, 0.1) is 51.2 Å². The van der Waals surface area contributed by atoms with Crippen LogP contribution in [0, 0.1) is 0 Å². The van der Waals surface area contributed by atoms with Gasteiger partial charge in [0.15, 0.2) is 0 Å². The monoisotopic (exact) mass is 432 g/mol. The fraction of sp³-hybridized carbons (Fsp3) is 1.00. The molecule has 2 atom stereocenters. The van der Waals surface area contributed by atoms with E-state index < -0.39 is 0 Å². The molecule has 2 aliphatic rings. The van der Waals surface area contributed by atoms with Crippen LogP contribution in [0.15, 0.2) is 0 Å². The van der Waals surface area contributed by atoms with Gasteiger partial charge in [0.2, 0.25) is 0 Å². The molecule has 0 aromatic rings. The van der Waals surface area contributed by atoms with Crippen LogP contribution in [0.3, 0.4) is 0 Å². The average Bonchev–Trinajstić information content (AvgIpc) is 3.52. The van der Waals surface area contributed by atoms with Crippen LogP contribution in [-0.4, -0.2) is 93.5 Å². The fourth-order valence-corrected chi connectivity index (χ4v) is 4.85. The van der Waals surface area contributed by atoms with E-state index in [1.54, 1.807) is 33.3 Å². The molecule has 2 aliphatic heterocycles. The Kier molecular flexibility index (Phi) is 14.5. The van der Waals surface area contributed by atoms with Crippen LogP contribution in [-0.2, 0) is 28.4 Å². The van der Waals surface area contributed by atoms with E-state index in [0.717, 1.165) is 48.6 Å². The number of epoxide rings is 2. The zero-order valence-electron chi connectivity index (χ0n) is 14.4. The van der Waals surface area contributed by atoms with Gasteiger partial charge in [-0.25, -0.2) is 0 Å². The first kappa shape index (κ1) is 22.4. The van der Waals surface area contributed by atoms with E-state index in [1.165, 1.54) is 0 Å². The molecule has 25 heavy (non-hydrogen) atoms. The van der Waals surface area contributed by atoms with Gasteiger partial charge in [-0.2, -0.15) is 11.8 Å². The normalized spacial score (nSPS) is 21.6. The lowest BCUT2D eigenvalue weighted by molar-refractivity contribution is -0.0425. The average molecular weight is 433 g/mol. The molecular weight excluding hydrogens is 404 g/mol. The van der Waals surface area contributed by atoms with Crippen LogP contribution in [0.25, 0.3) is 0 Å². The molecule has 0 N–H and O–H groups in total. The largest absolute Gasteiger partial charge is 0.372 e. The molecule has 0 amide bonds. The topological polar surface area (TPSA) is 62.0 Å². The quantitative estimate of drug-likeness (QED) is 0.124. The molecule has 0 saturated carbocycles. The van der Waals surface area contributed by atoms with E-state index in [0.29, 0.717) is 44.9 Å². The van der Waals surface area contributed by atoms with E-state index in [9.17, 15) is 0 Å². The van der Waals surface area contributed by atoms with Gasteiger partial charge < -0.3 is 28.4 Å². The Bertz CT molecular complexity index is 280. The van der Waals surface area contributed by atoms with Gasteiger partial charge in [-0.05, 0) is 0 Å². The molecule has 2 rings (SSSR count). The zero-order chi connectivity index (χ0) is 17.4. The smallest absolute Gasteiger partial charge is 0.147 e. The van der Waals surface area contributed by atoms with E-state index in [4.69, 9.17) is 28.4 Å². The van der Waals surface area contributed by atoms with Gasteiger partial charge in [0.25, 0.3) is 0 Å². The van der Waals surface area contributed by atoms with E-state index in [2.05, 4.69) is 0 Å². The maximum absolute atomic E-state index is 5.42. The third-order valence-electron chi connectivity index (χ3n) is 2.99. The Morgan fingerprint density at radius 1 is 0.680 bits per heavy atom. The summed E-state index contributed by atoms with van der Waals surface area (Å²) in [7, 11) is 3.59. The second-order valence-corrected chi connectivity index (χ2v) is 10.1. The zero-order valence-corrected chi connectivity index (χ0v) is 17.7. The Morgan fingerprint density at radius 2 is 1.20 bits per heavy atom. The van der Waals surface area contributed by atoms with E-state index in [1.807, 2.05) is 11.8 Å². The number of thioether (sulfide) groups is 2. The van der Waals surface area contributed by atoms with Crippen molar-refractivity contribution in [2.24, 2.45) is 0 Å². The van der Waals surface area contributed by atoms with E-state index in [-0.39, 0.29) is 0 Å². The standard InChI is InChI=1S/C15H28O6S4/c1(4-22-9-14-7-20-14)16-11-17-2-5-24-25-6-3-18-12-19-13-23-10-15-8-21-15/h14-15H,1-13H2. The lowest BCUT2D eigenvalue weighted by atomic mass is 10.6. The maximum Gasteiger partial charge on any atom is 0.147 e. The molecule has 148 valence electrons. The predicted molar refractivity (Wildman–Crippen MR) is 108 cm³/mol. The van der Waals surface area contributed by atoms with Gasteiger partial charge in [0.1, 0.15) is 13.6 Å². The molecular formula is C15H28O6S4. The molecule has 2 saturated heterocycles. The summed E-state index contributed by atoms with van der Waals surface area (Å²) in [6.07, 6.45) is 0.963. The highest BCUT2D eigenvalue weighted by Crippen LogP contribution is 2.20. The molecule has 6 nitrogen and oxygen atoms in total. The minimum absolute atomic E-state index is 0.371. The molecule has 0 radical (unpaired) electrons. The summed E-state index contributed by atoms with van der Waals surface area (Å²) in [4.78, 5) is 0. The molecule has 2 fully saturated rings. The van der Waals surface area contributed by atoms with Gasteiger partial charge in [0, 0.05) is 28.8 Å². The first-order chi connectivity index (χ1) is 12.4. The van der Waals surface area contributed by atoms with Crippen molar-refractivity contribution in [3.63, 3.8) is 0 Å². The van der Waals surface area contributed by atoms with Gasteiger partial charge in [-0.1, -0.05) is 21.6 Å². The molecule has 0 bridgehead atoms. The number of ether oxygens (including phenoxy) is 6. The van der Waals surface area contributed by atoms with Crippen molar-refractivity contribution in [3.05, 3.63) is 0 Å². The van der Waals surface area contributed by atoms with E-state index >= 15 is 0 Å². The Balaban J connectivity index is 1.14. The number of hydrogen-bond donors (Lipinski definition) is 0. The molecule has 0 aliphatic carbocycles. The predicted octanol–water partition coefficient (Wildman–Crippen LogP) is 2.57. The Labute approximate surface area is 166 Å². The van der Waals surface area contributed by atoms with Crippen molar-refractivity contribution < 1.29 is 28.4 Å². The molecule has 0 aromatic heterocycles. The van der Waals surface area contributed by atoms with Crippen LogP contribution in [0.5, 0.6) is 0 Å². The second kappa shape index (κ2) is 16.1. The van der Waals surface area contributed by atoms with Crippen LogP contribution >= 0.6 is 45.1 Å². The summed E-state index contributed by atoms with van der Waals surface area (Å²) in [6, 6.07) is 0. The fourth-order valence-electron chi connectivity index (χ4n) is 1.53. The summed E-state index contributed by atoms with van der Waals surface area (Å²) in [5.41, 5.74) is 0. The van der Waals surface area contributed by atoms with Crippen molar-refractivity contribution in [2.75, 3.05) is 81.3 Å². The highest BCUT2D eigenvalue weighted by atomic mass is 33.1. The first-order valence-electron chi connectivity index (χ1n) is 8.39. The lowest BCUT2D eigenvalue weighted by Crippen LogP contribution is -2.06. The summed E-state index contributed by atoms with van der Waals surface area (Å²) in [6.45, 7) is 4.77. The summed E-state index contributed by atoms with van der Waals surface area (Å²) < 4.78 is 31.9. The first-order valence-corrected chi connectivity index (χ1v) is 13.2. The summed E-state index contributed by atoms with van der Waals surface area (Å²) in [5, 5.41) is 0. The Morgan fingerprint density at radius 3 is 1.80 bits per heavy atom. The molecule has 0 aromatic carbocycles. The highest BCUT2D eigenvalue weighted by molar-refractivity contribution is 8.76. The van der Waals surface area contributed by atoms with Crippen molar-refractivity contribution in [2.45, 2.75) is 12.2 Å². The molecule has 10 heteroatoms. The number of rotatable bonds is 20. The summed E-state index contributed by atoms with van der Waals surface area (Å²) in [5.74, 6) is 5.70. The van der Waals surface area contributed by atoms with Crippen LogP contribution in [0.4, 0.5) is 0 Å². The third kappa shape index (κ3) is 15.9. The lowest BCUT2D eigenvalue weighted by Gasteiger charge is -2.06.